The molecule has 0 N–H and O–H groups in total. The van der Waals surface area contributed by atoms with Crippen LogP contribution in [-0.4, -0.2) is 76.1 Å². The fourth-order valence-corrected chi connectivity index (χ4v) is 7.63. The maximum absolute atomic E-state index is 13.1. The van der Waals surface area contributed by atoms with E-state index in [9.17, 15) is 9.59 Å². The molecule has 4 atom stereocenters. The van der Waals surface area contributed by atoms with E-state index >= 15 is 0 Å². The highest BCUT2D eigenvalue weighted by molar-refractivity contribution is 9.11. The zero-order chi connectivity index (χ0) is 25.0. The van der Waals surface area contributed by atoms with Gasteiger partial charge in [0.1, 0.15) is 11.5 Å². The minimum atomic E-state index is -2.26. The molecular weight excluding hydrogens is 510 g/mol. The van der Waals surface area contributed by atoms with Crippen LogP contribution in [0.4, 0.5) is 0 Å². The lowest BCUT2D eigenvalue weighted by Gasteiger charge is -2.44. The number of carbonyl (C=O) groups is 2. The minimum Gasteiger partial charge on any atom is -0.468 e. The van der Waals surface area contributed by atoms with Crippen LogP contribution >= 0.6 is 15.9 Å². The first-order chi connectivity index (χ1) is 15.2. The number of fused-ring (bicyclic) bond motifs is 2. The van der Waals surface area contributed by atoms with E-state index in [4.69, 9.17) is 23.4 Å². The first-order valence-corrected chi connectivity index (χ1v) is 15.4. The van der Waals surface area contributed by atoms with Crippen LogP contribution in [0.15, 0.2) is 21.8 Å². The predicted molar refractivity (Wildman–Crippen MR) is 129 cm³/mol. The maximum atomic E-state index is 13.1. The largest absolute Gasteiger partial charge is 0.468 e. The van der Waals surface area contributed by atoms with E-state index in [0.717, 1.165) is 25.1 Å². The van der Waals surface area contributed by atoms with Gasteiger partial charge in [0.2, 0.25) is 5.79 Å². The number of nitrogens with zero attached hydrogens (tertiary/aromatic N) is 1. The Balaban J connectivity index is 2.29. The number of rotatable bonds is 7. The monoisotopic (exact) mass is 545 g/mol. The van der Waals surface area contributed by atoms with Gasteiger partial charge in [-0.3, -0.25) is 4.79 Å². The molecule has 3 aliphatic rings. The molecule has 0 aromatic rings. The number of esters is 2. The number of ether oxygens (including phenoxy) is 4. The summed E-state index contributed by atoms with van der Waals surface area (Å²) in [6.45, 7) is 12.9. The smallest absolute Gasteiger partial charge is 0.330 e. The van der Waals surface area contributed by atoms with Gasteiger partial charge in [0.25, 0.3) is 0 Å². The summed E-state index contributed by atoms with van der Waals surface area (Å²) >= 11 is 3.80. The zero-order valence-corrected chi connectivity index (χ0v) is 23.6. The van der Waals surface area contributed by atoms with Crippen LogP contribution in [-0.2, 0) is 33.0 Å². The molecule has 186 valence electrons. The third-order valence-corrected chi connectivity index (χ3v) is 8.65. The van der Waals surface area contributed by atoms with Crippen LogP contribution in [0.1, 0.15) is 33.6 Å². The van der Waals surface area contributed by atoms with Crippen LogP contribution in [0.2, 0.25) is 19.6 Å². The first kappa shape index (κ1) is 26.4. The fraction of sp³-hybridized carbons (Fsp3) is 0.739. The molecule has 2 fully saturated rings. The van der Waals surface area contributed by atoms with Crippen LogP contribution in [0.5, 0.6) is 0 Å². The number of halogens is 1. The standard InChI is InChI=1S/C23H36BrNO7Si/c1-21(2,30-6)15-11-10-12-25(15)19-18(24)23(32-33(7,8)9)17(20(27)29-5)14(13-16(26)28-4)22(19,3)31-23/h13,15,17H,10-12H2,1-9H3/b14-13+/t15-,17+,22-,23-/m0/s1. The molecule has 0 amide bonds. The van der Waals surface area contributed by atoms with Crippen molar-refractivity contribution >= 4 is 36.2 Å². The van der Waals surface area contributed by atoms with Crippen molar-refractivity contribution in [3.63, 3.8) is 0 Å². The van der Waals surface area contributed by atoms with E-state index in [2.05, 4.69) is 34.7 Å². The van der Waals surface area contributed by atoms with Gasteiger partial charge in [-0.1, -0.05) is 0 Å². The number of carbonyl (C=O) groups excluding carboxylic acids is 2. The third-order valence-electron chi connectivity index (χ3n) is 6.80. The quantitative estimate of drug-likeness (QED) is 0.272. The number of methoxy groups -OCH3 is 3. The van der Waals surface area contributed by atoms with Gasteiger partial charge >= 0.3 is 11.9 Å². The molecule has 3 aliphatic heterocycles. The average Bonchev–Trinajstić information content (AvgIpc) is 3.34. The Kier molecular flexibility index (Phi) is 7.03. The highest BCUT2D eigenvalue weighted by Gasteiger charge is 2.72. The van der Waals surface area contributed by atoms with Crippen molar-refractivity contribution in [2.75, 3.05) is 27.9 Å². The minimum absolute atomic E-state index is 0.0738. The normalized spacial score (nSPS) is 33.3. The fourth-order valence-electron chi connectivity index (χ4n) is 5.31. The number of likely N-dealkylation sites (tertiary alicyclic amines) is 1. The van der Waals surface area contributed by atoms with E-state index in [0.29, 0.717) is 10.1 Å². The Morgan fingerprint density at radius 1 is 1.21 bits per heavy atom. The van der Waals surface area contributed by atoms with Crippen LogP contribution in [0.25, 0.3) is 0 Å². The Hall–Kier alpha value is -1.20. The Labute approximate surface area is 205 Å². The van der Waals surface area contributed by atoms with Gasteiger partial charge in [-0.2, -0.15) is 0 Å². The van der Waals surface area contributed by atoms with Gasteiger partial charge < -0.3 is 28.3 Å². The second kappa shape index (κ2) is 8.78. The van der Waals surface area contributed by atoms with Crippen molar-refractivity contribution < 1.29 is 33.0 Å². The summed E-state index contributed by atoms with van der Waals surface area (Å²) in [7, 11) is 2.09. The summed E-state index contributed by atoms with van der Waals surface area (Å²) in [5.41, 5.74) is -0.199. The molecule has 0 spiro atoms. The lowest BCUT2D eigenvalue weighted by Crippen LogP contribution is -2.52. The molecule has 0 radical (unpaired) electrons. The van der Waals surface area contributed by atoms with Crippen LogP contribution in [0.3, 0.4) is 0 Å². The maximum Gasteiger partial charge on any atom is 0.330 e. The Morgan fingerprint density at radius 2 is 1.85 bits per heavy atom. The summed E-state index contributed by atoms with van der Waals surface area (Å²) in [5.74, 6) is -3.47. The highest BCUT2D eigenvalue weighted by atomic mass is 79.9. The number of hydrogen-bond donors (Lipinski definition) is 0. The van der Waals surface area contributed by atoms with Gasteiger partial charge in [-0.25, -0.2) is 4.79 Å². The van der Waals surface area contributed by atoms with E-state index in [1.807, 2.05) is 26.6 Å². The van der Waals surface area contributed by atoms with Crippen molar-refractivity contribution in [3.05, 3.63) is 21.8 Å². The van der Waals surface area contributed by atoms with Crippen molar-refractivity contribution in [1.29, 1.82) is 0 Å². The molecule has 33 heavy (non-hydrogen) atoms. The first-order valence-electron chi connectivity index (χ1n) is 11.2. The number of hydrogen-bond acceptors (Lipinski definition) is 8. The molecule has 0 unspecified atom stereocenters. The van der Waals surface area contributed by atoms with Crippen LogP contribution < -0.4 is 0 Å². The molecule has 2 saturated heterocycles. The van der Waals surface area contributed by atoms with E-state index < -0.39 is 43.2 Å². The molecule has 0 saturated carbocycles. The third kappa shape index (κ3) is 4.22. The molecule has 0 aliphatic carbocycles. The van der Waals surface area contributed by atoms with E-state index in [1.54, 1.807) is 7.11 Å². The van der Waals surface area contributed by atoms with Crippen LogP contribution in [0, 0.1) is 5.92 Å². The lowest BCUT2D eigenvalue weighted by molar-refractivity contribution is -0.182. The molecule has 0 aromatic heterocycles. The van der Waals surface area contributed by atoms with Crippen molar-refractivity contribution in [2.45, 2.75) is 76.3 Å². The zero-order valence-electron chi connectivity index (χ0n) is 21.0. The average molecular weight is 547 g/mol. The molecule has 10 heteroatoms. The van der Waals surface area contributed by atoms with Gasteiger partial charge in [0.05, 0.1) is 36.0 Å². The van der Waals surface area contributed by atoms with Crippen molar-refractivity contribution in [3.8, 4) is 0 Å². The summed E-state index contributed by atoms with van der Waals surface area (Å²) in [6, 6.07) is 0.0738. The van der Waals surface area contributed by atoms with E-state index in [-0.39, 0.29) is 6.04 Å². The SMILES string of the molecule is COC(=O)/C=C1\[C@H](C(=O)OC)[C@@]2(O[Si](C)(C)C)O[C@]1(C)C(N1CCC[C@H]1C(C)(C)OC)=C2Br. The molecule has 3 rings (SSSR count). The van der Waals surface area contributed by atoms with E-state index in [1.165, 1.54) is 20.3 Å². The Bertz CT molecular complexity index is 896. The summed E-state index contributed by atoms with van der Waals surface area (Å²) < 4.78 is 29.9. The molecule has 3 heterocycles. The second-order valence-electron chi connectivity index (χ2n) is 10.4. The summed E-state index contributed by atoms with van der Waals surface area (Å²) in [5, 5.41) is 0. The topological polar surface area (TPSA) is 83.5 Å². The van der Waals surface area contributed by atoms with Gasteiger partial charge in [-0.05, 0) is 74.8 Å². The predicted octanol–water partition coefficient (Wildman–Crippen LogP) is 3.72. The molecule has 8 nitrogen and oxygen atoms in total. The van der Waals surface area contributed by atoms with Crippen molar-refractivity contribution in [2.24, 2.45) is 5.92 Å². The van der Waals surface area contributed by atoms with Gasteiger partial charge in [0, 0.05) is 19.7 Å². The second-order valence-corrected chi connectivity index (χ2v) is 15.6. The van der Waals surface area contributed by atoms with Crippen molar-refractivity contribution in [1.82, 2.24) is 4.90 Å². The lowest BCUT2D eigenvalue weighted by atomic mass is 9.76. The molecule has 0 aromatic carbocycles. The summed E-state index contributed by atoms with van der Waals surface area (Å²) in [6.07, 6.45) is 3.28. The highest BCUT2D eigenvalue weighted by Crippen LogP contribution is 2.64. The summed E-state index contributed by atoms with van der Waals surface area (Å²) in [4.78, 5) is 27.8. The molecule has 2 bridgehead atoms. The molecular formula is C23H36BrNO7Si. The Morgan fingerprint density at radius 3 is 2.36 bits per heavy atom. The van der Waals surface area contributed by atoms with Gasteiger partial charge in [0.15, 0.2) is 8.32 Å². The van der Waals surface area contributed by atoms with Gasteiger partial charge in [-0.15, -0.1) is 0 Å².